The van der Waals surface area contributed by atoms with Crippen LogP contribution in [0.15, 0.2) is 23.1 Å². The Hall–Kier alpha value is -2.04. The summed E-state index contributed by atoms with van der Waals surface area (Å²) in [5.74, 6) is -0.123. The zero-order valence-corrected chi connectivity index (χ0v) is 15.6. The molecule has 1 aliphatic heterocycles. The Labute approximate surface area is 153 Å². The topological polar surface area (TPSA) is 123 Å². The Morgan fingerprint density at radius 3 is 2.58 bits per heavy atom. The molecule has 0 bridgehead atoms. The first-order chi connectivity index (χ1) is 12.3. The maximum Gasteiger partial charge on any atom is 0.289 e. The highest BCUT2D eigenvalue weighted by Crippen LogP contribution is 2.24. The van der Waals surface area contributed by atoms with E-state index in [1.54, 1.807) is 6.92 Å². The zero-order valence-electron chi connectivity index (χ0n) is 14.8. The van der Waals surface area contributed by atoms with Gasteiger partial charge in [0.05, 0.1) is 18.0 Å². The molecule has 1 heterocycles. The number of hydrogen-bond donors (Lipinski definition) is 3. The number of nitro benzene ring substituents is 1. The molecule has 26 heavy (non-hydrogen) atoms. The van der Waals surface area contributed by atoms with Crippen molar-refractivity contribution in [1.82, 2.24) is 10.0 Å². The molecule has 1 fully saturated rings. The van der Waals surface area contributed by atoms with E-state index in [-0.39, 0.29) is 23.9 Å². The monoisotopic (exact) mass is 385 g/mol. The minimum absolute atomic E-state index is 0.0333. The van der Waals surface area contributed by atoms with Gasteiger partial charge >= 0.3 is 0 Å². The van der Waals surface area contributed by atoms with E-state index >= 15 is 0 Å². The molecule has 1 amide bonds. The number of nitro groups is 1. The number of hydrogen-bond acceptors (Lipinski definition) is 5. The predicted molar refractivity (Wildman–Crippen MR) is 95.4 cm³/mol. The Morgan fingerprint density at radius 2 is 1.92 bits per heavy atom. The molecular weight excluding hydrogens is 360 g/mol. The number of piperidine rings is 1. The molecule has 0 spiro atoms. The molecule has 0 aliphatic carbocycles. The van der Waals surface area contributed by atoms with Gasteiger partial charge < -0.3 is 10.2 Å². The number of carbonyl (C=O) groups excluding carboxylic acids is 1. The number of nitrogens with one attached hydrogen (secondary N) is 3. The molecule has 10 heteroatoms. The fraction of sp³-hybridized carbons (Fsp3) is 0.562. The van der Waals surface area contributed by atoms with Crippen molar-refractivity contribution in [2.75, 3.05) is 32.7 Å². The van der Waals surface area contributed by atoms with E-state index in [1.165, 1.54) is 29.5 Å². The van der Waals surface area contributed by atoms with Crippen LogP contribution >= 0.6 is 0 Å². The highest BCUT2D eigenvalue weighted by Gasteiger charge is 2.25. The second kappa shape index (κ2) is 9.06. The van der Waals surface area contributed by atoms with E-state index in [1.807, 2.05) is 0 Å². The molecule has 1 aliphatic rings. The first kappa shape index (κ1) is 20.3. The summed E-state index contributed by atoms with van der Waals surface area (Å²) in [7, 11) is -4.03. The van der Waals surface area contributed by atoms with Crippen LogP contribution in [0.2, 0.25) is 0 Å². The van der Waals surface area contributed by atoms with Crippen LogP contribution in [0.1, 0.15) is 24.8 Å². The third-order valence-corrected chi connectivity index (χ3v) is 5.82. The van der Waals surface area contributed by atoms with Crippen molar-refractivity contribution in [3.8, 4) is 0 Å². The highest BCUT2D eigenvalue weighted by atomic mass is 32.2. The lowest BCUT2D eigenvalue weighted by Gasteiger charge is -2.22. The van der Waals surface area contributed by atoms with Gasteiger partial charge in [-0.25, -0.2) is 13.1 Å². The molecule has 1 saturated heterocycles. The summed E-state index contributed by atoms with van der Waals surface area (Å²) >= 11 is 0. The van der Waals surface area contributed by atoms with Crippen molar-refractivity contribution in [3.05, 3.63) is 33.9 Å². The van der Waals surface area contributed by atoms with Crippen LogP contribution < -0.4 is 14.9 Å². The maximum atomic E-state index is 12.3. The fourth-order valence-electron chi connectivity index (χ4n) is 2.98. The van der Waals surface area contributed by atoms with Crippen molar-refractivity contribution in [2.24, 2.45) is 0 Å². The molecule has 0 saturated carbocycles. The lowest BCUT2D eigenvalue weighted by atomic mass is 10.1. The first-order valence-electron chi connectivity index (χ1n) is 8.64. The van der Waals surface area contributed by atoms with Crippen molar-refractivity contribution >= 4 is 21.6 Å². The van der Waals surface area contributed by atoms with Crippen molar-refractivity contribution in [3.63, 3.8) is 0 Å². The van der Waals surface area contributed by atoms with Crippen LogP contribution in [0, 0.1) is 17.0 Å². The number of rotatable bonds is 8. The third-order valence-electron chi connectivity index (χ3n) is 4.31. The normalized spacial score (nSPS) is 15.6. The number of benzene rings is 1. The van der Waals surface area contributed by atoms with E-state index in [4.69, 9.17) is 0 Å². The second-order valence-electron chi connectivity index (χ2n) is 6.46. The Kier molecular flexibility index (Phi) is 7.06. The summed E-state index contributed by atoms with van der Waals surface area (Å²) in [6, 6.07) is 3.94. The maximum absolute atomic E-state index is 12.3. The van der Waals surface area contributed by atoms with Gasteiger partial charge in [-0.15, -0.1) is 0 Å². The summed E-state index contributed by atoms with van der Waals surface area (Å²) in [6.45, 7) is 4.10. The number of likely N-dealkylation sites (tertiary alicyclic amines) is 1. The molecule has 0 atom stereocenters. The summed E-state index contributed by atoms with van der Waals surface area (Å²) < 4.78 is 26.9. The van der Waals surface area contributed by atoms with Gasteiger partial charge in [0.2, 0.25) is 10.0 Å². The molecule has 0 unspecified atom stereocenters. The first-order valence-corrected chi connectivity index (χ1v) is 10.1. The van der Waals surface area contributed by atoms with Crippen LogP contribution in [0.25, 0.3) is 0 Å². The van der Waals surface area contributed by atoms with Gasteiger partial charge in [0, 0.05) is 19.2 Å². The third kappa shape index (κ3) is 5.75. The minimum Gasteiger partial charge on any atom is -0.350 e. The molecule has 3 N–H and O–H groups in total. The van der Waals surface area contributed by atoms with Crippen LogP contribution in [-0.4, -0.2) is 52.0 Å². The molecule has 9 nitrogen and oxygen atoms in total. The number of quaternary nitrogens is 1. The fourth-order valence-corrected chi connectivity index (χ4v) is 4.16. The number of carbonyl (C=O) groups is 1. The average molecular weight is 385 g/mol. The predicted octanol–water partition coefficient (Wildman–Crippen LogP) is -0.633. The quantitative estimate of drug-likeness (QED) is 0.312. The van der Waals surface area contributed by atoms with E-state index in [2.05, 4.69) is 10.0 Å². The van der Waals surface area contributed by atoms with Crippen molar-refractivity contribution in [1.29, 1.82) is 0 Å². The number of nitrogens with zero attached hydrogens (tertiary/aromatic N) is 1. The SMILES string of the molecule is Cc1ccc(S(=O)(=O)NCCNC(=O)C[NH+]2CCCCC2)c([N+](=O)[O-])c1. The second-order valence-corrected chi connectivity index (χ2v) is 8.20. The number of amides is 1. The Balaban J connectivity index is 1.85. The van der Waals surface area contributed by atoms with Gasteiger partial charge in [-0.3, -0.25) is 14.9 Å². The van der Waals surface area contributed by atoms with E-state index in [0.29, 0.717) is 12.1 Å². The van der Waals surface area contributed by atoms with E-state index < -0.39 is 20.6 Å². The van der Waals surface area contributed by atoms with Gasteiger partial charge in [-0.1, -0.05) is 6.07 Å². The molecule has 1 aromatic rings. The Morgan fingerprint density at radius 1 is 1.23 bits per heavy atom. The van der Waals surface area contributed by atoms with Crippen molar-refractivity contribution < 1.29 is 23.0 Å². The zero-order chi connectivity index (χ0) is 19.2. The molecule has 0 radical (unpaired) electrons. The molecule has 144 valence electrons. The Bertz CT molecular complexity index is 760. The van der Waals surface area contributed by atoms with Gasteiger partial charge in [0.25, 0.3) is 11.6 Å². The largest absolute Gasteiger partial charge is 0.350 e. The van der Waals surface area contributed by atoms with Gasteiger partial charge in [-0.05, 0) is 37.8 Å². The van der Waals surface area contributed by atoms with Crippen LogP contribution in [0.4, 0.5) is 5.69 Å². The summed E-state index contributed by atoms with van der Waals surface area (Å²) in [5.41, 5.74) is 0.137. The molecule has 0 aromatic heterocycles. The lowest BCUT2D eigenvalue weighted by Crippen LogP contribution is -3.13. The summed E-state index contributed by atoms with van der Waals surface area (Å²) in [4.78, 5) is 23.1. The van der Waals surface area contributed by atoms with Gasteiger partial charge in [0.1, 0.15) is 0 Å². The number of sulfonamides is 1. The summed E-state index contributed by atoms with van der Waals surface area (Å²) in [6.07, 6.45) is 3.45. The lowest BCUT2D eigenvalue weighted by molar-refractivity contribution is -0.896. The summed E-state index contributed by atoms with van der Waals surface area (Å²) in [5, 5.41) is 13.8. The van der Waals surface area contributed by atoms with Crippen LogP contribution in [0.5, 0.6) is 0 Å². The standard InChI is InChI=1S/C16H24N4O5S/c1-13-5-6-15(14(11-13)20(22)23)26(24,25)18-8-7-17-16(21)12-19-9-3-2-4-10-19/h5-6,11,18H,2-4,7-10,12H2,1H3,(H,17,21)/p+1. The van der Waals surface area contributed by atoms with Gasteiger partial charge in [0.15, 0.2) is 11.4 Å². The molecular formula is C16H25N4O5S+. The smallest absolute Gasteiger partial charge is 0.289 e. The van der Waals surface area contributed by atoms with E-state index in [0.717, 1.165) is 25.9 Å². The molecule has 2 rings (SSSR count). The van der Waals surface area contributed by atoms with Gasteiger partial charge in [-0.2, -0.15) is 0 Å². The number of aryl methyl sites for hydroxylation is 1. The minimum atomic E-state index is -4.03. The molecule has 1 aromatic carbocycles. The highest BCUT2D eigenvalue weighted by molar-refractivity contribution is 7.89. The van der Waals surface area contributed by atoms with Crippen LogP contribution in [0.3, 0.4) is 0 Å². The van der Waals surface area contributed by atoms with Crippen LogP contribution in [-0.2, 0) is 14.8 Å². The van der Waals surface area contributed by atoms with Crippen molar-refractivity contribution in [2.45, 2.75) is 31.1 Å². The average Bonchev–Trinajstić information content (AvgIpc) is 2.59. The van der Waals surface area contributed by atoms with E-state index in [9.17, 15) is 23.3 Å².